The first-order chi connectivity index (χ1) is 19.8. The molecule has 8 nitrogen and oxygen atoms in total. The summed E-state index contributed by atoms with van der Waals surface area (Å²) >= 11 is 0.981. The first-order valence-electron chi connectivity index (χ1n) is 13.8. The van der Waals surface area contributed by atoms with Crippen LogP contribution in [0, 0.1) is 6.92 Å². The highest BCUT2D eigenvalue weighted by Crippen LogP contribution is 2.43. The van der Waals surface area contributed by atoms with Crippen LogP contribution in [-0.4, -0.2) is 41.0 Å². The fraction of sp³-hybridized carbons (Fsp3) is 0.312. The van der Waals surface area contributed by atoms with Crippen molar-refractivity contribution in [1.29, 1.82) is 0 Å². The maximum atomic E-state index is 13.5. The number of hydrogen-bond donors (Lipinski definition) is 1. The van der Waals surface area contributed by atoms with E-state index in [1.807, 2.05) is 30.3 Å². The maximum Gasteiger partial charge on any atom is 0.350 e. The van der Waals surface area contributed by atoms with Gasteiger partial charge in [-0.25, -0.2) is 9.78 Å². The summed E-state index contributed by atoms with van der Waals surface area (Å²) in [7, 11) is 0. The predicted molar refractivity (Wildman–Crippen MR) is 159 cm³/mol. The van der Waals surface area contributed by atoms with Gasteiger partial charge in [0.1, 0.15) is 10.6 Å². The minimum absolute atomic E-state index is 0.0686. The van der Waals surface area contributed by atoms with Crippen molar-refractivity contribution in [3.63, 3.8) is 0 Å². The van der Waals surface area contributed by atoms with Gasteiger partial charge in [0.2, 0.25) is 0 Å². The number of thiazole rings is 1. The third kappa shape index (κ3) is 6.92. The molecule has 3 aromatic rings. The largest absolute Gasteiger partial charge is 0.503 e. The number of unbranched alkanes of at least 4 members (excludes halogenated alkanes) is 3. The van der Waals surface area contributed by atoms with Crippen molar-refractivity contribution in [2.24, 2.45) is 0 Å². The Morgan fingerprint density at radius 1 is 1.05 bits per heavy atom. The van der Waals surface area contributed by atoms with Crippen LogP contribution in [0.2, 0.25) is 0 Å². The van der Waals surface area contributed by atoms with Gasteiger partial charge in [0.25, 0.3) is 5.91 Å². The van der Waals surface area contributed by atoms with Crippen molar-refractivity contribution in [3.05, 3.63) is 93.7 Å². The van der Waals surface area contributed by atoms with Gasteiger partial charge in [-0.3, -0.25) is 14.5 Å². The highest BCUT2D eigenvalue weighted by atomic mass is 32.1. The first kappa shape index (κ1) is 29.7. The van der Waals surface area contributed by atoms with Crippen LogP contribution in [-0.2, 0) is 14.3 Å². The topological polar surface area (TPSA) is 106 Å². The number of anilines is 1. The van der Waals surface area contributed by atoms with Gasteiger partial charge in [-0.1, -0.05) is 86.1 Å². The van der Waals surface area contributed by atoms with Crippen LogP contribution in [0.25, 0.3) is 6.08 Å². The van der Waals surface area contributed by atoms with Gasteiger partial charge in [-0.05, 0) is 49.6 Å². The molecule has 1 aliphatic heterocycles. The zero-order valence-corrected chi connectivity index (χ0v) is 24.3. The summed E-state index contributed by atoms with van der Waals surface area (Å²) in [6.07, 6.45) is 7.33. The Bertz CT molecular complexity index is 1440. The van der Waals surface area contributed by atoms with Gasteiger partial charge in [-0.15, -0.1) is 0 Å². The van der Waals surface area contributed by atoms with E-state index in [4.69, 9.17) is 9.47 Å². The molecule has 214 valence electrons. The van der Waals surface area contributed by atoms with E-state index in [0.29, 0.717) is 23.6 Å². The molecule has 0 fully saturated rings. The molecule has 0 saturated heterocycles. The van der Waals surface area contributed by atoms with E-state index in [-0.39, 0.29) is 22.2 Å². The van der Waals surface area contributed by atoms with Gasteiger partial charge in [0.05, 0.1) is 30.5 Å². The number of ether oxygens (including phenoxy) is 2. The lowest BCUT2D eigenvalue weighted by atomic mass is 9.95. The molecule has 1 aromatic heterocycles. The van der Waals surface area contributed by atoms with Crippen molar-refractivity contribution in [1.82, 2.24) is 4.98 Å². The monoisotopic (exact) mass is 574 g/mol. The highest BCUT2D eigenvalue weighted by Gasteiger charge is 2.45. The number of nitrogens with zero attached hydrogens (tertiary/aromatic N) is 2. The average molecular weight is 575 g/mol. The summed E-state index contributed by atoms with van der Waals surface area (Å²) in [6.45, 7) is 6.30. The molecule has 4 rings (SSSR count). The van der Waals surface area contributed by atoms with Crippen LogP contribution in [0.15, 0.2) is 72.0 Å². The van der Waals surface area contributed by atoms with Crippen LogP contribution < -0.4 is 9.64 Å². The molecule has 0 bridgehead atoms. The molecule has 9 heteroatoms. The van der Waals surface area contributed by atoms with E-state index < -0.39 is 29.5 Å². The molecule has 2 aromatic carbocycles. The lowest BCUT2D eigenvalue weighted by molar-refractivity contribution is -0.117. The first-order valence-corrected chi connectivity index (χ1v) is 14.6. The Labute approximate surface area is 243 Å². The molecule has 41 heavy (non-hydrogen) atoms. The standard InChI is InChI=1S/C32H34N2O6S/c1-4-6-7-11-20-40-24-17-15-23(16-18-24)27-26(25(35)19-14-22-12-9-8-10-13-22)28(36)30(37)34(27)32-33-21(3)29(41-32)31(38)39-5-2/h8-10,12-19,27,36H,4-7,11,20H2,1-3H3. The minimum Gasteiger partial charge on any atom is -0.503 e. The zero-order chi connectivity index (χ0) is 29.4. The second kappa shape index (κ2) is 13.9. The predicted octanol–water partition coefficient (Wildman–Crippen LogP) is 6.77. The van der Waals surface area contributed by atoms with Gasteiger partial charge in [-0.2, -0.15) is 0 Å². The van der Waals surface area contributed by atoms with Crippen molar-refractivity contribution in [3.8, 4) is 5.75 Å². The molecule has 0 aliphatic carbocycles. The summed E-state index contributed by atoms with van der Waals surface area (Å²) in [5, 5.41) is 11.2. The molecule has 1 unspecified atom stereocenters. The van der Waals surface area contributed by atoms with Gasteiger partial charge >= 0.3 is 5.97 Å². The minimum atomic E-state index is -0.963. The van der Waals surface area contributed by atoms with Crippen LogP contribution in [0.5, 0.6) is 5.75 Å². The number of aliphatic hydroxyl groups is 1. The van der Waals surface area contributed by atoms with Crippen LogP contribution in [0.4, 0.5) is 5.13 Å². The number of hydrogen-bond acceptors (Lipinski definition) is 8. The Kier molecular flexibility index (Phi) is 10.1. The quantitative estimate of drug-likeness (QED) is 0.136. The molecule has 1 N–H and O–H groups in total. The highest BCUT2D eigenvalue weighted by molar-refractivity contribution is 7.17. The third-order valence-corrected chi connectivity index (χ3v) is 7.75. The number of aryl methyl sites for hydroxylation is 1. The van der Waals surface area contributed by atoms with E-state index in [1.54, 1.807) is 44.2 Å². The summed E-state index contributed by atoms with van der Waals surface area (Å²) in [5.74, 6) is -1.81. The van der Waals surface area contributed by atoms with Gasteiger partial charge in [0, 0.05) is 0 Å². The fourth-order valence-electron chi connectivity index (χ4n) is 4.53. The second-order valence-electron chi connectivity index (χ2n) is 9.56. The molecular weight excluding hydrogens is 540 g/mol. The Morgan fingerprint density at radius 3 is 2.46 bits per heavy atom. The number of aromatic nitrogens is 1. The third-order valence-electron chi connectivity index (χ3n) is 6.61. The van der Waals surface area contributed by atoms with E-state index in [1.165, 1.54) is 11.0 Å². The number of carbonyl (C=O) groups is 3. The number of benzene rings is 2. The van der Waals surface area contributed by atoms with Gasteiger partial charge < -0.3 is 14.6 Å². The average Bonchev–Trinajstić information content (AvgIpc) is 3.49. The SMILES string of the molecule is CCCCCCOc1ccc(C2C(C(=O)C=Cc3ccccc3)=C(O)C(=O)N2c2nc(C)c(C(=O)OCC)s2)cc1. The summed E-state index contributed by atoms with van der Waals surface area (Å²) in [4.78, 5) is 45.4. The number of aliphatic hydroxyl groups excluding tert-OH is 1. The number of ketones is 1. The number of rotatable bonds is 13. The number of carbonyl (C=O) groups excluding carboxylic acids is 3. The smallest absolute Gasteiger partial charge is 0.350 e. The normalized spacial score (nSPS) is 15.1. The molecule has 1 atom stereocenters. The zero-order valence-electron chi connectivity index (χ0n) is 23.5. The van der Waals surface area contributed by atoms with E-state index in [2.05, 4.69) is 11.9 Å². The molecule has 0 radical (unpaired) electrons. The summed E-state index contributed by atoms with van der Waals surface area (Å²) in [5.41, 5.74) is 1.71. The molecule has 1 aliphatic rings. The number of amides is 1. The molecular formula is C32H34N2O6S. The van der Waals surface area contributed by atoms with Crippen molar-refractivity contribution in [2.75, 3.05) is 18.1 Å². The van der Waals surface area contributed by atoms with Crippen LogP contribution in [0.3, 0.4) is 0 Å². The molecule has 2 heterocycles. The number of esters is 1. The van der Waals surface area contributed by atoms with E-state index in [9.17, 15) is 19.5 Å². The molecule has 1 amide bonds. The lowest BCUT2D eigenvalue weighted by Gasteiger charge is -2.24. The van der Waals surface area contributed by atoms with E-state index in [0.717, 1.165) is 42.6 Å². The molecule has 0 saturated carbocycles. The Balaban J connectivity index is 1.68. The maximum absolute atomic E-state index is 13.5. The van der Waals surface area contributed by atoms with Crippen LogP contribution in [0.1, 0.15) is 72.1 Å². The number of allylic oxidation sites excluding steroid dienone is 1. The van der Waals surface area contributed by atoms with Crippen molar-refractivity contribution < 1.29 is 29.0 Å². The summed E-state index contributed by atoms with van der Waals surface area (Å²) in [6, 6.07) is 15.4. The van der Waals surface area contributed by atoms with Crippen molar-refractivity contribution >= 4 is 40.2 Å². The van der Waals surface area contributed by atoms with Gasteiger partial charge in [0.15, 0.2) is 16.7 Å². The Morgan fingerprint density at radius 2 is 1.78 bits per heavy atom. The Hall–Kier alpha value is -4.24. The van der Waals surface area contributed by atoms with Crippen molar-refractivity contribution in [2.45, 2.75) is 52.5 Å². The second-order valence-corrected chi connectivity index (χ2v) is 10.5. The molecule has 0 spiro atoms. The lowest BCUT2D eigenvalue weighted by Crippen LogP contribution is -2.30. The fourth-order valence-corrected chi connectivity index (χ4v) is 5.52. The van der Waals surface area contributed by atoms with Crippen LogP contribution >= 0.6 is 11.3 Å². The summed E-state index contributed by atoms with van der Waals surface area (Å²) < 4.78 is 11.0. The van der Waals surface area contributed by atoms with E-state index >= 15 is 0 Å².